The third-order valence-corrected chi connectivity index (χ3v) is 4.01. The second-order valence-electron chi connectivity index (χ2n) is 5.20. The van der Waals surface area contributed by atoms with E-state index in [1.54, 1.807) is 7.05 Å². The third kappa shape index (κ3) is 3.76. The average molecular weight is 309 g/mol. The number of carbonyl (C=O) groups excluding carboxylic acids is 1. The highest BCUT2D eigenvalue weighted by Crippen LogP contribution is 2.29. The van der Waals surface area contributed by atoms with Gasteiger partial charge in [-0.05, 0) is 37.5 Å². The normalized spacial score (nSPS) is 19.3. The number of carbonyl (C=O) groups is 1. The van der Waals surface area contributed by atoms with Crippen LogP contribution < -0.4 is 10.1 Å². The van der Waals surface area contributed by atoms with Gasteiger partial charge in [-0.1, -0.05) is 18.5 Å². The second kappa shape index (κ2) is 6.94. The minimum atomic E-state index is 0.00815. The Labute approximate surface area is 130 Å². The summed E-state index contributed by atoms with van der Waals surface area (Å²) in [5.74, 6) is 0.864. The molecule has 1 atom stereocenters. The lowest BCUT2D eigenvalue weighted by atomic mass is 10.0. The van der Waals surface area contributed by atoms with Gasteiger partial charge in [-0.15, -0.1) is 0 Å². The Balaban J connectivity index is 2.18. The summed E-state index contributed by atoms with van der Waals surface area (Å²) in [7, 11) is 1.78. The molecule has 1 aromatic rings. The number of rotatable bonds is 4. The first-order chi connectivity index (χ1) is 10.0. The SMILES string of the molecule is CCC(=NC)c1cc(C)c(OC2CCC(=O)NC2)cc1Cl. The van der Waals surface area contributed by atoms with E-state index in [0.29, 0.717) is 18.0 Å². The van der Waals surface area contributed by atoms with E-state index in [9.17, 15) is 4.79 Å². The Kier molecular flexibility index (Phi) is 5.23. The predicted molar refractivity (Wildman–Crippen MR) is 85.6 cm³/mol. The molecule has 1 heterocycles. The van der Waals surface area contributed by atoms with Crippen LogP contribution in [0, 0.1) is 6.92 Å². The van der Waals surface area contributed by atoms with E-state index in [1.165, 1.54) is 0 Å². The highest BCUT2D eigenvalue weighted by atomic mass is 35.5. The Hall–Kier alpha value is -1.55. The van der Waals surface area contributed by atoms with E-state index in [0.717, 1.165) is 35.4 Å². The van der Waals surface area contributed by atoms with Crippen LogP contribution in [0.5, 0.6) is 5.75 Å². The van der Waals surface area contributed by atoms with Crippen molar-refractivity contribution < 1.29 is 9.53 Å². The van der Waals surface area contributed by atoms with Crippen LogP contribution in [0.4, 0.5) is 0 Å². The molecule has 1 N–H and O–H groups in total. The molecule has 0 radical (unpaired) electrons. The molecule has 1 aromatic carbocycles. The molecule has 0 saturated carbocycles. The first kappa shape index (κ1) is 15.8. The van der Waals surface area contributed by atoms with E-state index in [1.807, 2.05) is 19.1 Å². The molecule has 4 nitrogen and oxygen atoms in total. The Morgan fingerprint density at radius 2 is 2.29 bits per heavy atom. The third-order valence-electron chi connectivity index (χ3n) is 3.69. The van der Waals surface area contributed by atoms with Crippen LogP contribution in [-0.2, 0) is 4.79 Å². The van der Waals surface area contributed by atoms with Crippen molar-refractivity contribution in [1.29, 1.82) is 0 Å². The lowest BCUT2D eigenvalue weighted by Gasteiger charge is -2.25. The summed E-state index contributed by atoms with van der Waals surface area (Å²) in [4.78, 5) is 15.4. The molecule has 114 valence electrons. The van der Waals surface area contributed by atoms with Gasteiger partial charge in [0.2, 0.25) is 5.91 Å². The number of piperidine rings is 1. The van der Waals surface area contributed by atoms with E-state index >= 15 is 0 Å². The number of halogens is 1. The van der Waals surface area contributed by atoms with Gasteiger partial charge in [0.05, 0.1) is 11.6 Å². The molecule has 0 spiro atoms. The van der Waals surface area contributed by atoms with Crippen LogP contribution in [0.1, 0.15) is 37.3 Å². The van der Waals surface area contributed by atoms with E-state index in [4.69, 9.17) is 16.3 Å². The van der Waals surface area contributed by atoms with Gasteiger partial charge in [0, 0.05) is 24.7 Å². The van der Waals surface area contributed by atoms with Gasteiger partial charge in [0.1, 0.15) is 11.9 Å². The zero-order valence-electron chi connectivity index (χ0n) is 12.7. The van der Waals surface area contributed by atoms with Crippen molar-refractivity contribution >= 4 is 23.2 Å². The van der Waals surface area contributed by atoms with E-state index < -0.39 is 0 Å². The largest absolute Gasteiger partial charge is 0.488 e. The number of hydrogen-bond donors (Lipinski definition) is 1. The molecule has 21 heavy (non-hydrogen) atoms. The van der Waals surface area contributed by atoms with Gasteiger partial charge in [-0.2, -0.15) is 0 Å². The maximum absolute atomic E-state index is 11.2. The highest BCUT2D eigenvalue weighted by Gasteiger charge is 2.20. The first-order valence-electron chi connectivity index (χ1n) is 7.24. The maximum Gasteiger partial charge on any atom is 0.220 e. The number of nitrogens with zero attached hydrogens (tertiary/aromatic N) is 1. The fraction of sp³-hybridized carbons (Fsp3) is 0.500. The minimum absolute atomic E-state index is 0.00815. The number of hydrogen-bond acceptors (Lipinski definition) is 3. The average Bonchev–Trinajstić information content (AvgIpc) is 2.47. The number of aliphatic imine (C=N–C) groups is 1. The van der Waals surface area contributed by atoms with Crippen LogP contribution in [0.25, 0.3) is 0 Å². The molecule has 1 unspecified atom stereocenters. The smallest absolute Gasteiger partial charge is 0.220 e. The van der Waals surface area contributed by atoms with Crippen molar-refractivity contribution in [2.45, 2.75) is 39.2 Å². The van der Waals surface area contributed by atoms with Gasteiger partial charge in [-0.3, -0.25) is 9.79 Å². The number of aryl methyl sites for hydroxylation is 1. The van der Waals surface area contributed by atoms with Gasteiger partial charge >= 0.3 is 0 Å². The second-order valence-corrected chi connectivity index (χ2v) is 5.61. The zero-order valence-corrected chi connectivity index (χ0v) is 13.5. The Morgan fingerprint density at radius 3 is 2.86 bits per heavy atom. The number of nitrogens with one attached hydrogen (secondary N) is 1. The molecule has 2 rings (SSSR count). The number of ether oxygens (including phenoxy) is 1. The maximum atomic E-state index is 11.2. The predicted octanol–water partition coefficient (Wildman–Crippen LogP) is 3.13. The molecule has 1 aliphatic heterocycles. The summed E-state index contributed by atoms with van der Waals surface area (Å²) in [5.41, 5.74) is 2.98. The van der Waals surface area contributed by atoms with Crippen LogP contribution in [0.2, 0.25) is 5.02 Å². The van der Waals surface area contributed by atoms with Gasteiger partial charge in [0.25, 0.3) is 0 Å². The highest BCUT2D eigenvalue weighted by molar-refractivity contribution is 6.34. The molecule has 1 aliphatic rings. The summed E-state index contributed by atoms with van der Waals surface area (Å²) in [5, 5.41) is 3.47. The molecule has 5 heteroatoms. The van der Waals surface area contributed by atoms with Crippen LogP contribution >= 0.6 is 11.6 Å². The molecule has 1 fully saturated rings. The molecule has 0 aliphatic carbocycles. The molecular weight excluding hydrogens is 288 g/mol. The summed E-state index contributed by atoms with van der Waals surface area (Å²) in [6.45, 7) is 4.61. The van der Waals surface area contributed by atoms with Gasteiger partial charge in [-0.25, -0.2) is 0 Å². The molecule has 0 aromatic heterocycles. The number of amides is 1. The van der Waals surface area contributed by atoms with E-state index in [-0.39, 0.29) is 12.0 Å². The fourth-order valence-corrected chi connectivity index (χ4v) is 2.73. The van der Waals surface area contributed by atoms with Crippen molar-refractivity contribution in [2.75, 3.05) is 13.6 Å². The van der Waals surface area contributed by atoms with Crippen molar-refractivity contribution in [2.24, 2.45) is 4.99 Å². The van der Waals surface area contributed by atoms with Crippen molar-refractivity contribution in [1.82, 2.24) is 5.32 Å². The molecule has 0 bridgehead atoms. The van der Waals surface area contributed by atoms with Crippen molar-refractivity contribution in [3.8, 4) is 5.75 Å². The van der Waals surface area contributed by atoms with Crippen molar-refractivity contribution in [3.63, 3.8) is 0 Å². The van der Waals surface area contributed by atoms with Gasteiger partial charge < -0.3 is 10.1 Å². The molecule has 1 saturated heterocycles. The lowest BCUT2D eigenvalue weighted by molar-refractivity contribution is -0.123. The summed E-state index contributed by atoms with van der Waals surface area (Å²) in [6, 6.07) is 3.87. The Morgan fingerprint density at radius 1 is 1.52 bits per heavy atom. The van der Waals surface area contributed by atoms with Gasteiger partial charge in [0.15, 0.2) is 0 Å². The van der Waals surface area contributed by atoms with Crippen LogP contribution in [-0.4, -0.2) is 31.3 Å². The monoisotopic (exact) mass is 308 g/mol. The van der Waals surface area contributed by atoms with Crippen LogP contribution in [0.3, 0.4) is 0 Å². The Bertz CT molecular complexity index is 560. The summed E-state index contributed by atoms with van der Waals surface area (Å²) in [6.07, 6.45) is 2.10. The lowest BCUT2D eigenvalue weighted by Crippen LogP contribution is -2.40. The molecular formula is C16H21ClN2O2. The quantitative estimate of drug-likeness (QED) is 0.869. The van der Waals surface area contributed by atoms with E-state index in [2.05, 4.69) is 17.2 Å². The van der Waals surface area contributed by atoms with Crippen molar-refractivity contribution in [3.05, 3.63) is 28.3 Å². The first-order valence-corrected chi connectivity index (χ1v) is 7.62. The zero-order chi connectivity index (χ0) is 15.4. The fourth-order valence-electron chi connectivity index (χ4n) is 2.47. The van der Waals surface area contributed by atoms with Crippen LogP contribution in [0.15, 0.2) is 17.1 Å². The topological polar surface area (TPSA) is 50.7 Å². The standard InChI is InChI=1S/C16H21ClN2O2/c1-4-14(18-3)12-7-10(2)15(8-13(12)17)21-11-5-6-16(20)19-9-11/h7-8,11H,4-6,9H2,1-3H3,(H,19,20). The minimum Gasteiger partial charge on any atom is -0.488 e. The number of benzene rings is 1. The summed E-state index contributed by atoms with van der Waals surface area (Å²) < 4.78 is 5.98. The molecule has 1 amide bonds. The summed E-state index contributed by atoms with van der Waals surface area (Å²) >= 11 is 6.36.